The predicted octanol–water partition coefficient (Wildman–Crippen LogP) is 2.95. The lowest BCUT2D eigenvalue weighted by Gasteiger charge is -2.12. The molecule has 0 bridgehead atoms. The van der Waals surface area contributed by atoms with Crippen LogP contribution >= 0.6 is 0 Å². The van der Waals surface area contributed by atoms with Crippen molar-refractivity contribution in [1.29, 1.82) is 0 Å². The molecule has 2 rings (SSSR count). The van der Waals surface area contributed by atoms with E-state index in [1.165, 1.54) is 6.20 Å². The van der Waals surface area contributed by atoms with Gasteiger partial charge in [-0.2, -0.15) is 0 Å². The van der Waals surface area contributed by atoms with Crippen LogP contribution in [-0.4, -0.2) is 25.6 Å². The fourth-order valence-electron chi connectivity index (χ4n) is 1.99. The number of hydrogen-bond acceptors (Lipinski definition) is 3. The van der Waals surface area contributed by atoms with Crippen LogP contribution in [0.25, 0.3) is 0 Å². The smallest absolute Gasteiger partial charge is 0.267 e. The number of aromatic nitrogens is 1. The normalized spacial score (nSPS) is 13.3. The van der Waals surface area contributed by atoms with Crippen molar-refractivity contribution in [3.8, 4) is 11.5 Å². The highest BCUT2D eigenvalue weighted by Crippen LogP contribution is 2.21. The summed E-state index contributed by atoms with van der Waals surface area (Å²) >= 11 is 0. The van der Waals surface area contributed by atoms with E-state index in [2.05, 4.69) is 31.1 Å². The van der Waals surface area contributed by atoms with Gasteiger partial charge in [0.2, 0.25) is 0 Å². The van der Waals surface area contributed by atoms with Gasteiger partial charge in [-0.1, -0.05) is 43.3 Å². The first-order valence-corrected chi connectivity index (χ1v) is 12.3. The lowest BCUT2D eigenvalue weighted by atomic mass is 10.2. The number of aliphatic hydroxyl groups is 1. The molecule has 4 nitrogen and oxygen atoms in total. The summed E-state index contributed by atoms with van der Waals surface area (Å²) in [5.41, 5.74) is 4.31. The number of rotatable bonds is 3. The minimum absolute atomic E-state index is 0.186. The molecular weight excluding hydrogens is 326 g/mol. The van der Waals surface area contributed by atoms with Crippen molar-refractivity contribution < 1.29 is 13.5 Å². The zero-order valence-electron chi connectivity index (χ0n) is 13.7. The molecule has 0 aliphatic carbocycles. The summed E-state index contributed by atoms with van der Waals surface area (Å²) in [6, 6.07) is 9.80. The van der Waals surface area contributed by atoms with Gasteiger partial charge in [0.1, 0.15) is 8.07 Å². The predicted molar refractivity (Wildman–Crippen MR) is 94.3 cm³/mol. The lowest BCUT2D eigenvalue weighted by Crippen LogP contribution is -2.19. The molecule has 6 heteroatoms. The van der Waals surface area contributed by atoms with E-state index in [4.69, 9.17) is 0 Å². The molecule has 0 aliphatic heterocycles. The molecular formula is C17H21NO3SSi. The Balaban J connectivity index is 2.44. The van der Waals surface area contributed by atoms with Crippen LogP contribution in [0.3, 0.4) is 0 Å². The Hall–Kier alpha value is -1.81. The molecule has 1 unspecified atom stereocenters. The first-order chi connectivity index (χ1) is 10.6. The average molecular weight is 348 g/mol. The Morgan fingerprint density at radius 2 is 1.74 bits per heavy atom. The van der Waals surface area contributed by atoms with Crippen LogP contribution in [0.1, 0.15) is 17.4 Å². The number of aliphatic hydroxyl groups excluding tert-OH is 1. The topological polar surface area (TPSA) is 59.3 Å². The summed E-state index contributed by atoms with van der Waals surface area (Å²) in [6.07, 6.45) is 0.307. The number of nitrogens with zero attached hydrogens (tertiary/aromatic N) is 1. The molecule has 1 atom stereocenters. The van der Waals surface area contributed by atoms with Crippen LogP contribution in [0.4, 0.5) is 0 Å². The van der Waals surface area contributed by atoms with Crippen LogP contribution in [-0.2, 0) is 10.0 Å². The quantitative estimate of drug-likeness (QED) is 0.686. The molecule has 0 aliphatic rings. The van der Waals surface area contributed by atoms with Gasteiger partial charge in [-0.05, 0) is 31.2 Å². The van der Waals surface area contributed by atoms with E-state index in [0.29, 0.717) is 0 Å². The van der Waals surface area contributed by atoms with Gasteiger partial charge in [0.25, 0.3) is 10.0 Å². The van der Waals surface area contributed by atoms with Crippen molar-refractivity contribution in [2.75, 3.05) is 0 Å². The average Bonchev–Trinajstić information content (AvgIpc) is 2.94. The second-order valence-electron chi connectivity index (χ2n) is 6.47. The van der Waals surface area contributed by atoms with E-state index in [0.717, 1.165) is 9.54 Å². The van der Waals surface area contributed by atoms with Crippen molar-refractivity contribution in [2.24, 2.45) is 0 Å². The summed E-state index contributed by atoms with van der Waals surface area (Å²) in [4.78, 5) is 0.186. The van der Waals surface area contributed by atoms with E-state index >= 15 is 0 Å². The molecule has 1 aromatic carbocycles. The third kappa shape index (κ3) is 4.13. The van der Waals surface area contributed by atoms with E-state index in [9.17, 15) is 13.5 Å². The van der Waals surface area contributed by atoms with Gasteiger partial charge in [-0.25, -0.2) is 12.4 Å². The van der Waals surface area contributed by atoms with Crippen molar-refractivity contribution >= 4 is 18.1 Å². The van der Waals surface area contributed by atoms with E-state index < -0.39 is 24.2 Å². The van der Waals surface area contributed by atoms with Crippen molar-refractivity contribution in [3.05, 3.63) is 53.9 Å². The molecule has 2 aromatic rings. The third-order valence-corrected chi connectivity index (χ3v) is 5.80. The van der Waals surface area contributed by atoms with Crippen LogP contribution < -0.4 is 0 Å². The maximum absolute atomic E-state index is 12.7. The van der Waals surface area contributed by atoms with Crippen molar-refractivity contribution in [2.45, 2.75) is 37.6 Å². The van der Waals surface area contributed by atoms with Crippen LogP contribution in [0.2, 0.25) is 19.6 Å². The molecule has 0 saturated carbocycles. The van der Waals surface area contributed by atoms with Gasteiger partial charge in [0, 0.05) is 6.20 Å². The van der Waals surface area contributed by atoms with Gasteiger partial charge in [0.15, 0.2) is 6.10 Å². The standard InChI is InChI=1S/C17H21NO3SSi/c1-14-7-9-15(10-8-14)22(20,21)18-12-5-6-16(18)17(19)11-13-23(2,3)4/h5-10,12,17,19H,1-4H3. The van der Waals surface area contributed by atoms with E-state index in [1.807, 2.05) is 6.92 Å². The van der Waals surface area contributed by atoms with Crippen molar-refractivity contribution in [1.82, 2.24) is 3.97 Å². The maximum Gasteiger partial charge on any atom is 0.267 e. The van der Waals surface area contributed by atoms with Gasteiger partial charge in [-0.3, -0.25) is 0 Å². The molecule has 23 heavy (non-hydrogen) atoms. The summed E-state index contributed by atoms with van der Waals surface area (Å²) in [5.74, 6) is 2.78. The molecule has 0 amide bonds. The largest absolute Gasteiger partial charge is 0.375 e. The van der Waals surface area contributed by atoms with Gasteiger partial charge < -0.3 is 5.11 Å². The number of benzene rings is 1. The Kier molecular flexibility index (Phi) is 4.85. The first-order valence-electron chi connectivity index (χ1n) is 7.31. The highest BCUT2D eigenvalue weighted by atomic mass is 32.2. The van der Waals surface area contributed by atoms with E-state index in [1.54, 1.807) is 36.4 Å². The minimum atomic E-state index is -3.74. The molecule has 0 fully saturated rings. The van der Waals surface area contributed by atoms with Gasteiger partial charge in [-0.15, -0.1) is 5.54 Å². The Morgan fingerprint density at radius 1 is 1.13 bits per heavy atom. The highest BCUT2D eigenvalue weighted by Gasteiger charge is 2.22. The molecule has 1 aromatic heterocycles. The zero-order valence-corrected chi connectivity index (χ0v) is 15.6. The fourth-order valence-corrected chi connectivity index (χ4v) is 3.94. The number of hydrogen-bond donors (Lipinski definition) is 1. The number of aryl methyl sites for hydroxylation is 1. The molecule has 122 valence electrons. The van der Waals surface area contributed by atoms with Crippen molar-refractivity contribution in [3.63, 3.8) is 0 Å². The summed E-state index contributed by atoms with van der Waals surface area (Å²) in [6.45, 7) is 8.09. The monoisotopic (exact) mass is 347 g/mol. The van der Waals surface area contributed by atoms with Gasteiger partial charge >= 0.3 is 0 Å². The minimum Gasteiger partial charge on any atom is -0.375 e. The maximum atomic E-state index is 12.7. The molecule has 1 heterocycles. The van der Waals surface area contributed by atoms with Gasteiger partial charge in [0.05, 0.1) is 10.6 Å². The van der Waals surface area contributed by atoms with Crippen LogP contribution in [0.15, 0.2) is 47.5 Å². The summed E-state index contributed by atoms with van der Waals surface area (Å²) < 4.78 is 26.6. The Labute approximate surface area is 138 Å². The zero-order chi connectivity index (χ0) is 17.3. The van der Waals surface area contributed by atoms with Crippen LogP contribution in [0, 0.1) is 18.4 Å². The Bertz CT molecular complexity index is 850. The molecule has 0 saturated heterocycles. The Morgan fingerprint density at radius 3 is 2.30 bits per heavy atom. The molecule has 1 N–H and O–H groups in total. The lowest BCUT2D eigenvalue weighted by molar-refractivity contribution is 0.232. The molecule has 0 spiro atoms. The second-order valence-corrected chi connectivity index (χ2v) is 13.0. The first kappa shape index (κ1) is 17.5. The summed E-state index contributed by atoms with van der Waals surface area (Å²) in [5, 5.41) is 10.3. The SMILES string of the molecule is Cc1ccc(S(=O)(=O)n2cccc2C(O)C#C[Si](C)(C)C)cc1. The fraction of sp³-hybridized carbons (Fsp3) is 0.294. The molecule has 0 radical (unpaired) electrons. The van der Waals surface area contributed by atoms with E-state index in [-0.39, 0.29) is 10.6 Å². The van der Waals surface area contributed by atoms with Crippen LogP contribution in [0.5, 0.6) is 0 Å². The highest BCUT2D eigenvalue weighted by molar-refractivity contribution is 7.90. The summed E-state index contributed by atoms with van der Waals surface area (Å²) in [7, 11) is -5.39. The third-order valence-electron chi connectivity index (χ3n) is 3.18. The second kappa shape index (κ2) is 6.36.